The van der Waals surface area contributed by atoms with Gasteiger partial charge in [-0.2, -0.15) is 0 Å². The van der Waals surface area contributed by atoms with Gasteiger partial charge in [-0.1, -0.05) is 30.3 Å². The SMILES string of the molecule is OC(Cc1cccc(F)c1F)c1cccc2ccsc12. The topological polar surface area (TPSA) is 20.2 Å². The molecule has 0 saturated carbocycles. The van der Waals surface area contributed by atoms with Gasteiger partial charge in [0.05, 0.1) is 6.10 Å². The third-order valence-electron chi connectivity index (χ3n) is 3.31. The summed E-state index contributed by atoms with van der Waals surface area (Å²) in [7, 11) is 0. The van der Waals surface area contributed by atoms with Crippen LogP contribution in [0.2, 0.25) is 0 Å². The minimum absolute atomic E-state index is 0.0562. The van der Waals surface area contributed by atoms with E-state index in [0.29, 0.717) is 0 Å². The molecule has 1 unspecified atom stereocenters. The van der Waals surface area contributed by atoms with Crippen LogP contribution in [-0.4, -0.2) is 5.11 Å². The maximum Gasteiger partial charge on any atom is 0.162 e. The highest BCUT2D eigenvalue weighted by Gasteiger charge is 2.16. The van der Waals surface area contributed by atoms with Crippen LogP contribution in [0.25, 0.3) is 10.1 Å². The molecule has 0 aliphatic carbocycles. The summed E-state index contributed by atoms with van der Waals surface area (Å²) >= 11 is 1.53. The fraction of sp³-hybridized carbons (Fsp3) is 0.125. The Kier molecular flexibility index (Phi) is 3.51. The molecule has 1 heterocycles. The van der Waals surface area contributed by atoms with Crippen LogP contribution in [0, 0.1) is 11.6 Å². The number of aliphatic hydroxyl groups excluding tert-OH is 1. The van der Waals surface area contributed by atoms with Gasteiger partial charge >= 0.3 is 0 Å². The van der Waals surface area contributed by atoms with Gasteiger partial charge in [-0.05, 0) is 34.0 Å². The van der Waals surface area contributed by atoms with E-state index >= 15 is 0 Å². The maximum atomic E-state index is 13.6. The Morgan fingerprint density at radius 2 is 1.85 bits per heavy atom. The summed E-state index contributed by atoms with van der Waals surface area (Å²) in [6.07, 6.45) is -0.797. The number of halogens is 2. The average Bonchev–Trinajstić information content (AvgIpc) is 2.92. The Balaban J connectivity index is 1.95. The summed E-state index contributed by atoms with van der Waals surface area (Å²) in [5, 5.41) is 13.3. The van der Waals surface area contributed by atoms with Crippen LogP contribution in [-0.2, 0) is 6.42 Å². The van der Waals surface area contributed by atoms with Gasteiger partial charge in [0.2, 0.25) is 0 Å². The first-order chi connectivity index (χ1) is 9.66. The lowest BCUT2D eigenvalue weighted by Gasteiger charge is -2.13. The number of aliphatic hydroxyl groups is 1. The van der Waals surface area contributed by atoms with E-state index in [1.165, 1.54) is 23.5 Å². The zero-order chi connectivity index (χ0) is 14.1. The molecule has 1 atom stereocenters. The summed E-state index contributed by atoms with van der Waals surface area (Å²) in [6, 6.07) is 11.6. The zero-order valence-corrected chi connectivity index (χ0v) is 11.3. The lowest BCUT2D eigenvalue weighted by molar-refractivity contribution is 0.178. The lowest BCUT2D eigenvalue weighted by atomic mass is 10.00. The summed E-state index contributed by atoms with van der Waals surface area (Å²) in [6.45, 7) is 0. The van der Waals surface area contributed by atoms with Crippen LogP contribution >= 0.6 is 11.3 Å². The number of benzene rings is 2. The number of thiophene rings is 1. The fourth-order valence-corrected chi connectivity index (χ4v) is 3.27. The Morgan fingerprint density at radius 3 is 2.70 bits per heavy atom. The largest absolute Gasteiger partial charge is 0.388 e. The summed E-state index contributed by atoms with van der Waals surface area (Å²) in [5.41, 5.74) is 0.937. The predicted molar refractivity (Wildman–Crippen MR) is 76.8 cm³/mol. The second-order valence-corrected chi connectivity index (χ2v) is 5.54. The Bertz CT molecular complexity index is 751. The highest BCUT2D eigenvalue weighted by atomic mass is 32.1. The number of fused-ring (bicyclic) bond motifs is 1. The monoisotopic (exact) mass is 290 g/mol. The van der Waals surface area contributed by atoms with Crippen molar-refractivity contribution in [1.82, 2.24) is 0 Å². The molecule has 0 bridgehead atoms. The van der Waals surface area contributed by atoms with Gasteiger partial charge in [-0.3, -0.25) is 0 Å². The summed E-state index contributed by atoms with van der Waals surface area (Å²) in [4.78, 5) is 0. The molecule has 0 aliphatic rings. The molecule has 0 radical (unpaired) electrons. The van der Waals surface area contributed by atoms with E-state index in [1.807, 2.05) is 29.6 Å². The van der Waals surface area contributed by atoms with E-state index in [2.05, 4.69) is 0 Å². The predicted octanol–water partition coefficient (Wildman–Crippen LogP) is 4.46. The minimum Gasteiger partial charge on any atom is -0.388 e. The van der Waals surface area contributed by atoms with Crippen molar-refractivity contribution in [2.45, 2.75) is 12.5 Å². The molecule has 1 nitrogen and oxygen atoms in total. The zero-order valence-electron chi connectivity index (χ0n) is 10.5. The molecule has 20 heavy (non-hydrogen) atoms. The van der Waals surface area contributed by atoms with E-state index in [1.54, 1.807) is 0 Å². The smallest absolute Gasteiger partial charge is 0.162 e. The first-order valence-electron chi connectivity index (χ1n) is 6.24. The van der Waals surface area contributed by atoms with Gasteiger partial charge in [-0.15, -0.1) is 11.3 Å². The van der Waals surface area contributed by atoms with Crippen molar-refractivity contribution in [3.05, 3.63) is 70.6 Å². The number of hydrogen-bond donors (Lipinski definition) is 1. The molecule has 4 heteroatoms. The van der Waals surface area contributed by atoms with Crippen molar-refractivity contribution in [2.75, 3.05) is 0 Å². The Morgan fingerprint density at radius 1 is 1.05 bits per heavy atom. The minimum atomic E-state index is -0.885. The quantitative estimate of drug-likeness (QED) is 0.755. The molecule has 3 aromatic rings. The highest BCUT2D eigenvalue weighted by molar-refractivity contribution is 7.17. The van der Waals surface area contributed by atoms with Crippen LogP contribution < -0.4 is 0 Å². The van der Waals surface area contributed by atoms with E-state index in [4.69, 9.17) is 0 Å². The molecule has 1 aromatic heterocycles. The van der Waals surface area contributed by atoms with Crippen molar-refractivity contribution in [2.24, 2.45) is 0 Å². The molecule has 0 aliphatic heterocycles. The highest BCUT2D eigenvalue weighted by Crippen LogP contribution is 2.31. The molecule has 0 spiro atoms. The molecule has 102 valence electrons. The van der Waals surface area contributed by atoms with E-state index in [9.17, 15) is 13.9 Å². The molecule has 0 fully saturated rings. The van der Waals surface area contributed by atoms with Crippen molar-refractivity contribution >= 4 is 21.4 Å². The molecule has 0 amide bonds. The Hall–Kier alpha value is -1.78. The molecule has 1 N–H and O–H groups in total. The Labute approximate surface area is 119 Å². The van der Waals surface area contributed by atoms with Gasteiger partial charge in [0.25, 0.3) is 0 Å². The molecular weight excluding hydrogens is 278 g/mol. The van der Waals surface area contributed by atoms with Gasteiger partial charge in [0.1, 0.15) is 0 Å². The van der Waals surface area contributed by atoms with Crippen LogP contribution in [0.4, 0.5) is 8.78 Å². The number of hydrogen-bond acceptors (Lipinski definition) is 2. The number of rotatable bonds is 3. The maximum absolute atomic E-state index is 13.6. The van der Waals surface area contributed by atoms with Crippen LogP contribution in [0.5, 0.6) is 0 Å². The van der Waals surface area contributed by atoms with Gasteiger partial charge in [-0.25, -0.2) is 8.78 Å². The normalized spacial score (nSPS) is 12.8. The third kappa shape index (κ3) is 2.32. The van der Waals surface area contributed by atoms with Crippen molar-refractivity contribution in [3.8, 4) is 0 Å². The summed E-state index contributed by atoms with van der Waals surface area (Å²) in [5.74, 6) is -1.77. The second kappa shape index (κ2) is 5.31. The van der Waals surface area contributed by atoms with Gasteiger partial charge in [0.15, 0.2) is 11.6 Å². The van der Waals surface area contributed by atoms with Gasteiger partial charge < -0.3 is 5.11 Å². The van der Waals surface area contributed by atoms with E-state index in [0.717, 1.165) is 21.7 Å². The van der Waals surface area contributed by atoms with Crippen LogP contribution in [0.15, 0.2) is 47.8 Å². The van der Waals surface area contributed by atoms with Crippen molar-refractivity contribution < 1.29 is 13.9 Å². The lowest BCUT2D eigenvalue weighted by Crippen LogP contribution is -2.04. The third-order valence-corrected chi connectivity index (χ3v) is 4.29. The van der Waals surface area contributed by atoms with E-state index < -0.39 is 17.7 Å². The fourth-order valence-electron chi connectivity index (χ4n) is 2.30. The molecular formula is C16H12F2OS. The van der Waals surface area contributed by atoms with Gasteiger partial charge in [0, 0.05) is 11.1 Å². The van der Waals surface area contributed by atoms with Crippen molar-refractivity contribution in [1.29, 1.82) is 0 Å². The molecule has 0 saturated heterocycles. The van der Waals surface area contributed by atoms with Crippen LogP contribution in [0.1, 0.15) is 17.2 Å². The van der Waals surface area contributed by atoms with E-state index in [-0.39, 0.29) is 12.0 Å². The first-order valence-corrected chi connectivity index (χ1v) is 7.12. The van der Waals surface area contributed by atoms with Crippen molar-refractivity contribution in [3.63, 3.8) is 0 Å². The first kappa shape index (κ1) is 13.2. The standard InChI is InChI=1S/C16H12F2OS/c17-13-6-2-4-11(15(13)18)9-14(19)12-5-1-3-10-7-8-20-16(10)12/h1-8,14,19H,9H2. The molecule has 3 rings (SSSR count). The second-order valence-electron chi connectivity index (χ2n) is 4.62. The van der Waals surface area contributed by atoms with Crippen LogP contribution in [0.3, 0.4) is 0 Å². The molecule has 2 aromatic carbocycles. The summed E-state index contributed by atoms with van der Waals surface area (Å²) < 4.78 is 27.8. The average molecular weight is 290 g/mol.